The molecule has 2 rings (SSSR count). The van der Waals surface area contributed by atoms with Crippen LogP contribution < -0.4 is 9.47 Å². The fourth-order valence-electron chi connectivity index (χ4n) is 1.82. The molecule has 21 heavy (non-hydrogen) atoms. The van der Waals surface area contributed by atoms with Gasteiger partial charge >= 0.3 is 0 Å². The van der Waals surface area contributed by atoms with Crippen LogP contribution >= 0.6 is 27.5 Å². The third kappa shape index (κ3) is 4.35. The first-order valence-corrected chi connectivity index (χ1v) is 7.85. The van der Waals surface area contributed by atoms with Crippen molar-refractivity contribution in [2.45, 2.75) is 19.4 Å². The van der Waals surface area contributed by atoms with Gasteiger partial charge < -0.3 is 9.47 Å². The molecule has 2 nitrogen and oxygen atoms in total. The fourth-order valence-corrected chi connectivity index (χ4v) is 2.45. The zero-order valence-electron chi connectivity index (χ0n) is 11.5. The molecule has 0 heterocycles. The smallest absolute Gasteiger partial charge is 0.161 e. The molecule has 2 aromatic carbocycles. The summed E-state index contributed by atoms with van der Waals surface area (Å²) in [6, 6.07) is 10.1. The van der Waals surface area contributed by atoms with Gasteiger partial charge in [-0.15, -0.1) is 11.6 Å². The van der Waals surface area contributed by atoms with Crippen molar-refractivity contribution in [2.75, 3.05) is 6.61 Å². The summed E-state index contributed by atoms with van der Waals surface area (Å²) in [5, 5.41) is 0. The molecule has 2 aromatic rings. The van der Waals surface area contributed by atoms with Gasteiger partial charge in [-0.05, 0) is 36.8 Å². The highest BCUT2D eigenvalue weighted by Gasteiger charge is 2.08. The number of benzene rings is 2. The standard InChI is InChI=1S/C16H15BrClFO2/c1-2-20-16-7-11(9-18)3-6-15(16)21-10-12-4-5-13(19)8-14(12)17/h3-8H,2,9-10H2,1H3. The van der Waals surface area contributed by atoms with Crippen LogP contribution in [-0.4, -0.2) is 6.61 Å². The maximum Gasteiger partial charge on any atom is 0.161 e. The zero-order chi connectivity index (χ0) is 15.2. The SMILES string of the molecule is CCOc1cc(CCl)ccc1OCc1ccc(F)cc1Br. The number of alkyl halides is 1. The van der Waals surface area contributed by atoms with Gasteiger partial charge in [0.2, 0.25) is 0 Å². The van der Waals surface area contributed by atoms with Crippen LogP contribution in [0.4, 0.5) is 4.39 Å². The molecule has 0 bridgehead atoms. The lowest BCUT2D eigenvalue weighted by Crippen LogP contribution is -2.01. The third-order valence-corrected chi connectivity index (χ3v) is 3.91. The predicted octanol–water partition coefficient (Wildman–Crippen LogP) is 5.30. The largest absolute Gasteiger partial charge is 0.490 e. The van der Waals surface area contributed by atoms with E-state index in [0.29, 0.717) is 35.1 Å². The first kappa shape index (κ1) is 16.1. The van der Waals surface area contributed by atoms with Crippen LogP contribution in [0.15, 0.2) is 40.9 Å². The number of halogens is 3. The Labute approximate surface area is 137 Å². The third-order valence-electron chi connectivity index (χ3n) is 2.86. The van der Waals surface area contributed by atoms with Crippen LogP contribution in [0.2, 0.25) is 0 Å². The van der Waals surface area contributed by atoms with E-state index in [2.05, 4.69) is 15.9 Å². The van der Waals surface area contributed by atoms with E-state index < -0.39 is 0 Å². The topological polar surface area (TPSA) is 18.5 Å². The van der Waals surface area contributed by atoms with Gasteiger partial charge in [-0.2, -0.15) is 0 Å². The molecular weight excluding hydrogens is 359 g/mol. The van der Waals surface area contributed by atoms with E-state index in [1.54, 1.807) is 6.07 Å². The van der Waals surface area contributed by atoms with Gasteiger partial charge in [-0.25, -0.2) is 4.39 Å². The summed E-state index contributed by atoms with van der Waals surface area (Å²) < 4.78 is 25.1. The van der Waals surface area contributed by atoms with Crippen molar-refractivity contribution in [3.05, 3.63) is 57.8 Å². The highest BCUT2D eigenvalue weighted by Crippen LogP contribution is 2.30. The number of hydrogen-bond donors (Lipinski definition) is 0. The average Bonchev–Trinajstić information content (AvgIpc) is 2.47. The Bertz CT molecular complexity index is 619. The molecule has 0 saturated heterocycles. The Morgan fingerprint density at radius 1 is 1.10 bits per heavy atom. The van der Waals surface area contributed by atoms with Crippen molar-refractivity contribution in [1.29, 1.82) is 0 Å². The summed E-state index contributed by atoms with van der Waals surface area (Å²) in [5.74, 6) is 1.44. The Kier molecular flexibility index (Phi) is 5.88. The van der Waals surface area contributed by atoms with Crippen molar-refractivity contribution < 1.29 is 13.9 Å². The predicted molar refractivity (Wildman–Crippen MR) is 85.6 cm³/mol. The summed E-state index contributed by atoms with van der Waals surface area (Å²) in [4.78, 5) is 0. The van der Waals surface area contributed by atoms with Gasteiger partial charge in [-0.1, -0.05) is 28.1 Å². The molecule has 0 aliphatic rings. The van der Waals surface area contributed by atoms with Crippen LogP contribution in [-0.2, 0) is 12.5 Å². The first-order chi connectivity index (χ1) is 10.1. The molecule has 0 aliphatic heterocycles. The molecule has 112 valence electrons. The summed E-state index contributed by atoms with van der Waals surface area (Å²) in [6.07, 6.45) is 0. The molecule has 0 aromatic heterocycles. The Morgan fingerprint density at radius 2 is 1.90 bits per heavy atom. The molecule has 0 N–H and O–H groups in total. The van der Waals surface area contributed by atoms with Crippen LogP contribution in [0.25, 0.3) is 0 Å². The first-order valence-electron chi connectivity index (χ1n) is 6.52. The molecule has 0 spiro atoms. The normalized spacial score (nSPS) is 10.5. The maximum absolute atomic E-state index is 13.1. The second-order valence-corrected chi connectivity index (χ2v) is 5.49. The lowest BCUT2D eigenvalue weighted by atomic mass is 10.2. The molecule has 0 unspecified atom stereocenters. The van der Waals surface area contributed by atoms with Gasteiger partial charge in [0.15, 0.2) is 11.5 Å². The minimum Gasteiger partial charge on any atom is -0.490 e. The van der Waals surface area contributed by atoms with E-state index in [-0.39, 0.29) is 5.82 Å². The zero-order valence-corrected chi connectivity index (χ0v) is 13.9. The minimum absolute atomic E-state index is 0.285. The molecular formula is C16H15BrClFO2. The Hall–Kier alpha value is -1.26. The van der Waals surface area contributed by atoms with Crippen molar-refractivity contribution in [1.82, 2.24) is 0 Å². The van der Waals surface area contributed by atoms with Crippen molar-refractivity contribution >= 4 is 27.5 Å². The van der Waals surface area contributed by atoms with Crippen molar-refractivity contribution in [3.63, 3.8) is 0 Å². The van der Waals surface area contributed by atoms with Gasteiger partial charge in [-0.3, -0.25) is 0 Å². The molecule has 0 aliphatic carbocycles. The van der Waals surface area contributed by atoms with Crippen LogP contribution in [0.5, 0.6) is 11.5 Å². The van der Waals surface area contributed by atoms with E-state index >= 15 is 0 Å². The Morgan fingerprint density at radius 3 is 2.57 bits per heavy atom. The maximum atomic E-state index is 13.1. The van der Waals surface area contributed by atoms with E-state index in [1.807, 2.05) is 25.1 Å². The average molecular weight is 374 g/mol. The second kappa shape index (κ2) is 7.66. The van der Waals surface area contributed by atoms with E-state index in [4.69, 9.17) is 21.1 Å². The minimum atomic E-state index is -0.285. The molecule has 5 heteroatoms. The fraction of sp³-hybridized carbons (Fsp3) is 0.250. The second-order valence-electron chi connectivity index (χ2n) is 4.37. The molecule has 0 fully saturated rings. The molecule has 0 radical (unpaired) electrons. The van der Waals surface area contributed by atoms with Gasteiger partial charge in [0.1, 0.15) is 12.4 Å². The summed E-state index contributed by atoms with van der Waals surface area (Å²) >= 11 is 9.15. The highest BCUT2D eigenvalue weighted by atomic mass is 79.9. The van der Waals surface area contributed by atoms with Gasteiger partial charge in [0, 0.05) is 15.9 Å². The van der Waals surface area contributed by atoms with E-state index in [0.717, 1.165) is 11.1 Å². The number of hydrogen-bond acceptors (Lipinski definition) is 2. The van der Waals surface area contributed by atoms with Crippen LogP contribution in [0, 0.1) is 5.82 Å². The molecule has 0 amide bonds. The van der Waals surface area contributed by atoms with Gasteiger partial charge in [0.25, 0.3) is 0 Å². The lowest BCUT2D eigenvalue weighted by Gasteiger charge is -2.13. The van der Waals surface area contributed by atoms with Crippen LogP contribution in [0.3, 0.4) is 0 Å². The lowest BCUT2D eigenvalue weighted by molar-refractivity contribution is 0.268. The monoisotopic (exact) mass is 372 g/mol. The number of rotatable bonds is 6. The quantitative estimate of drug-likeness (QED) is 0.639. The summed E-state index contributed by atoms with van der Waals surface area (Å²) in [6.45, 7) is 2.78. The van der Waals surface area contributed by atoms with E-state index in [1.165, 1.54) is 12.1 Å². The summed E-state index contributed by atoms with van der Waals surface area (Å²) in [7, 11) is 0. The Balaban J connectivity index is 2.15. The van der Waals surface area contributed by atoms with Gasteiger partial charge in [0.05, 0.1) is 6.61 Å². The summed E-state index contributed by atoms with van der Waals surface area (Å²) in [5.41, 5.74) is 1.83. The number of ether oxygens (including phenoxy) is 2. The van der Waals surface area contributed by atoms with E-state index in [9.17, 15) is 4.39 Å². The molecule has 0 atom stereocenters. The van der Waals surface area contributed by atoms with Crippen molar-refractivity contribution in [2.24, 2.45) is 0 Å². The van der Waals surface area contributed by atoms with Crippen molar-refractivity contribution in [3.8, 4) is 11.5 Å². The van der Waals surface area contributed by atoms with Crippen LogP contribution in [0.1, 0.15) is 18.1 Å². The molecule has 0 saturated carbocycles. The highest BCUT2D eigenvalue weighted by molar-refractivity contribution is 9.10.